The van der Waals surface area contributed by atoms with Crippen molar-refractivity contribution in [2.75, 3.05) is 25.0 Å². The molecule has 1 aliphatic heterocycles. The molecule has 0 radical (unpaired) electrons. The molecule has 2 aromatic carbocycles. The Bertz CT molecular complexity index is 787. The Morgan fingerprint density at radius 2 is 1.68 bits per heavy atom. The topological polar surface area (TPSA) is 37.2 Å². The Hall–Kier alpha value is -2.66. The number of hydrogen-bond acceptors (Lipinski definition) is 4. The Morgan fingerprint density at radius 3 is 2.48 bits per heavy atom. The fraction of sp³-hybridized carbons (Fsp3) is 0.300. The van der Waals surface area contributed by atoms with E-state index in [9.17, 15) is 0 Å². The largest absolute Gasteiger partial charge is 0.345 e. The summed E-state index contributed by atoms with van der Waals surface area (Å²) in [7, 11) is 2.11. The van der Waals surface area contributed by atoms with Crippen LogP contribution in [0.2, 0.25) is 0 Å². The monoisotopic (exact) mass is 333 g/mol. The van der Waals surface area contributed by atoms with Gasteiger partial charge >= 0.3 is 0 Å². The van der Waals surface area contributed by atoms with Crippen LogP contribution in [0.25, 0.3) is 0 Å². The Kier molecular flexibility index (Phi) is 4.48. The summed E-state index contributed by atoms with van der Waals surface area (Å²) < 4.78 is 2.16. The van der Waals surface area contributed by atoms with Gasteiger partial charge < -0.3 is 9.47 Å². The number of rotatable bonds is 4. The summed E-state index contributed by atoms with van der Waals surface area (Å²) in [5.41, 5.74) is 3.76. The predicted octanol–water partition coefficient (Wildman–Crippen LogP) is 3.10. The maximum atomic E-state index is 4.20. The number of benzene rings is 2. The molecule has 5 nitrogen and oxygen atoms in total. The number of aromatic nitrogens is 3. The van der Waals surface area contributed by atoms with Crippen molar-refractivity contribution in [2.24, 2.45) is 0 Å². The van der Waals surface area contributed by atoms with Crippen molar-refractivity contribution < 1.29 is 0 Å². The van der Waals surface area contributed by atoms with Gasteiger partial charge in [0, 0.05) is 51.0 Å². The third-order valence-corrected chi connectivity index (χ3v) is 4.88. The third-order valence-electron chi connectivity index (χ3n) is 4.88. The maximum Gasteiger partial charge on any atom is 0.134 e. The van der Waals surface area contributed by atoms with Crippen molar-refractivity contribution in [3.63, 3.8) is 0 Å². The number of anilines is 2. The zero-order chi connectivity index (χ0) is 17.1. The fourth-order valence-electron chi connectivity index (χ4n) is 3.32. The van der Waals surface area contributed by atoms with Crippen molar-refractivity contribution >= 4 is 11.4 Å². The molecule has 0 aliphatic carbocycles. The normalized spacial score (nSPS) is 14.8. The van der Waals surface area contributed by atoms with Crippen molar-refractivity contribution in [1.29, 1.82) is 0 Å². The lowest BCUT2D eigenvalue weighted by atomic mass is 10.1. The van der Waals surface area contributed by atoms with E-state index in [4.69, 9.17) is 0 Å². The second-order valence-electron chi connectivity index (χ2n) is 6.53. The van der Waals surface area contributed by atoms with Crippen molar-refractivity contribution in [1.82, 2.24) is 19.7 Å². The average molecular weight is 333 g/mol. The van der Waals surface area contributed by atoms with Crippen LogP contribution in [0.15, 0.2) is 60.9 Å². The van der Waals surface area contributed by atoms with Crippen LogP contribution < -0.4 is 4.90 Å². The van der Waals surface area contributed by atoms with E-state index >= 15 is 0 Å². The van der Waals surface area contributed by atoms with E-state index in [0.29, 0.717) is 0 Å². The van der Waals surface area contributed by atoms with Crippen LogP contribution in [-0.2, 0) is 19.5 Å². The van der Waals surface area contributed by atoms with Crippen LogP contribution in [0.1, 0.15) is 11.4 Å². The van der Waals surface area contributed by atoms with Gasteiger partial charge in [-0.1, -0.05) is 30.3 Å². The maximum absolute atomic E-state index is 4.20. The summed E-state index contributed by atoms with van der Waals surface area (Å²) in [5, 5.41) is 8.19. The highest BCUT2D eigenvalue weighted by atomic mass is 15.3. The first-order valence-electron chi connectivity index (χ1n) is 8.76. The van der Waals surface area contributed by atoms with Gasteiger partial charge in [-0.3, -0.25) is 4.90 Å². The molecule has 4 rings (SSSR count). The summed E-state index contributed by atoms with van der Waals surface area (Å²) in [6, 6.07) is 19.3. The van der Waals surface area contributed by atoms with Crippen molar-refractivity contribution in [3.8, 4) is 0 Å². The van der Waals surface area contributed by atoms with E-state index in [1.807, 2.05) is 12.4 Å². The van der Waals surface area contributed by atoms with Gasteiger partial charge in [-0.05, 0) is 29.8 Å². The van der Waals surface area contributed by atoms with Gasteiger partial charge in [-0.15, -0.1) is 10.2 Å². The summed E-state index contributed by atoms with van der Waals surface area (Å²) in [6.07, 6.45) is 2.81. The minimum atomic E-state index is 0.967. The van der Waals surface area contributed by atoms with Gasteiger partial charge in [-0.25, -0.2) is 0 Å². The van der Waals surface area contributed by atoms with Gasteiger partial charge in [-0.2, -0.15) is 0 Å². The van der Waals surface area contributed by atoms with Crippen molar-refractivity contribution in [2.45, 2.75) is 19.5 Å². The van der Waals surface area contributed by atoms with Crippen LogP contribution in [0.4, 0.5) is 11.4 Å². The van der Waals surface area contributed by atoms with Crippen LogP contribution >= 0.6 is 0 Å². The molecule has 25 heavy (non-hydrogen) atoms. The fourth-order valence-corrected chi connectivity index (χ4v) is 3.32. The molecule has 2 heterocycles. The van der Waals surface area contributed by atoms with Gasteiger partial charge in [0.1, 0.15) is 12.2 Å². The SMILES string of the molecule is CN(c1ccccc1)c1ccc(CN2CCc3nncn3CC2)cc1. The molecule has 3 aromatic rings. The smallest absolute Gasteiger partial charge is 0.134 e. The van der Waals surface area contributed by atoms with E-state index in [0.717, 1.165) is 38.4 Å². The molecule has 0 fully saturated rings. The molecule has 0 spiro atoms. The first-order chi connectivity index (χ1) is 12.3. The molecule has 128 valence electrons. The van der Waals surface area contributed by atoms with Crippen molar-refractivity contribution in [3.05, 3.63) is 72.3 Å². The molecule has 0 atom stereocenters. The molecule has 0 amide bonds. The standard InChI is InChI=1S/C20H23N5/c1-23(18-5-3-2-4-6-18)19-9-7-17(8-10-19)15-24-12-11-20-22-21-16-25(20)14-13-24/h2-10,16H,11-15H2,1H3. The molecular weight excluding hydrogens is 310 g/mol. The van der Waals surface area contributed by atoms with E-state index in [-0.39, 0.29) is 0 Å². The van der Waals surface area contributed by atoms with E-state index in [1.165, 1.54) is 16.9 Å². The number of hydrogen-bond donors (Lipinski definition) is 0. The van der Waals surface area contributed by atoms with Crippen LogP contribution in [0, 0.1) is 0 Å². The Balaban J connectivity index is 1.40. The minimum Gasteiger partial charge on any atom is -0.345 e. The van der Waals surface area contributed by atoms with Crippen LogP contribution in [0.5, 0.6) is 0 Å². The van der Waals surface area contributed by atoms with Crippen LogP contribution in [-0.4, -0.2) is 39.8 Å². The molecule has 1 aliphatic rings. The molecule has 5 heteroatoms. The first kappa shape index (κ1) is 15.8. The summed E-state index contributed by atoms with van der Waals surface area (Å²) in [5.74, 6) is 1.10. The first-order valence-corrected chi connectivity index (χ1v) is 8.76. The summed E-state index contributed by atoms with van der Waals surface area (Å²) >= 11 is 0. The zero-order valence-corrected chi connectivity index (χ0v) is 14.5. The summed E-state index contributed by atoms with van der Waals surface area (Å²) in [6.45, 7) is 4.02. The Morgan fingerprint density at radius 1 is 0.920 bits per heavy atom. The highest BCUT2D eigenvalue weighted by Crippen LogP contribution is 2.23. The highest BCUT2D eigenvalue weighted by Gasteiger charge is 2.15. The quantitative estimate of drug-likeness (QED) is 0.735. The lowest BCUT2D eigenvalue weighted by Crippen LogP contribution is -2.26. The molecule has 0 bridgehead atoms. The van der Waals surface area contributed by atoms with Gasteiger partial charge in [0.2, 0.25) is 0 Å². The Labute approximate surface area is 148 Å². The molecule has 0 saturated carbocycles. The molecular formula is C20H23N5. The molecule has 0 unspecified atom stereocenters. The number of nitrogens with zero attached hydrogens (tertiary/aromatic N) is 5. The van der Waals surface area contributed by atoms with Gasteiger partial charge in [0.25, 0.3) is 0 Å². The third kappa shape index (κ3) is 3.56. The van der Waals surface area contributed by atoms with Crippen LogP contribution in [0.3, 0.4) is 0 Å². The predicted molar refractivity (Wildman–Crippen MR) is 100.0 cm³/mol. The molecule has 1 aromatic heterocycles. The second-order valence-corrected chi connectivity index (χ2v) is 6.53. The van der Waals surface area contributed by atoms with E-state index < -0.39 is 0 Å². The zero-order valence-electron chi connectivity index (χ0n) is 14.5. The minimum absolute atomic E-state index is 0.967. The lowest BCUT2D eigenvalue weighted by Gasteiger charge is -2.22. The average Bonchev–Trinajstić information content (AvgIpc) is 3.04. The summed E-state index contributed by atoms with van der Waals surface area (Å²) in [4.78, 5) is 4.70. The van der Waals surface area contributed by atoms with E-state index in [2.05, 4.69) is 80.1 Å². The number of para-hydroxylation sites is 1. The molecule has 0 saturated heterocycles. The van der Waals surface area contributed by atoms with Gasteiger partial charge in [0.05, 0.1) is 0 Å². The van der Waals surface area contributed by atoms with E-state index in [1.54, 1.807) is 0 Å². The molecule has 0 N–H and O–H groups in total. The van der Waals surface area contributed by atoms with Gasteiger partial charge in [0.15, 0.2) is 0 Å². The lowest BCUT2D eigenvalue weighted by molar-refractivity contribution is 0.271. The number of fused-ring (bicyclic) bond motifs is 1. The highest BCUT2D eigenvalue weighted by molar-refractivity contribution is 5.62. The second kappa shape index (κ2) is 7.07.